The molecule has 1 unspecified atom stereocenters. The van der Waals surface area contributed by atoms with E-state index in [1.54, 1.807) is 0 Å². The fourth-order valence-electron chi connectivity index (χ4n) is 2.15. The van der Waals surface area contributed by atoms with Crippen LogP contribution in [0.3, 0.4) is 0 Å². The highest BCUT2D eigenvalue weighted by molar-refractivity contribution is 5.82. The van der Waals surface area contributed by atoms with E-state index in [0.29, 0.717) is 29.8 Å². The predicted octanol–water partition coefficient (Wildman–Crippen LogP) is 0.0155. The summed E-state index contributed by atoms with van der Waals surface area (Å²) in [7, 11) is 0. The van der Waals surface area contributed by atoms with Gasteiger partial charge in [-0.2, -0.15) is 9.97 Å². The van der Waals surface area contributed by atoms with Gasteiger partial charge in [-0.3, -0.25) is 9.59 Å². The van der Waals surface area contributed by atoms with Crippen molar-refractivity contribution >= 4 is 34.9 Å². The van der Waals surface area contributed by atoms with Crippen LogP contribution in [0.5, 0.6) is 0 Å². The van der Waals surface area contributed by atoms with E-state index in [4.69, 9.17) is 21.7 Å². The summed E-state index contributed by atoms with van der Waals surface area (Å²) in [4.78, 5) is 36.5. The first-order chi connectivity index (χ1) is 10.4. The van der Waals surface area contributed by atoms with Gasteiger partial charge in [-0.1, -0.05) is 0 Å². The largest absolute Gasteiger partial charge is 0.481 e. The van der Waals surface area contributed by atoms with E-state index < -0.39 is 24.3 Å². The zero-order valence-electron chi connectivity index (χ0n) is 11.6. The fourth-order valence-corrected chi connectivity index (χ4v) is 2.15. The number of aromatic nitrogens is 4. The van der Waals surface area contributed by atoms with Gasteiger partial charge >= 0.3 is 11.9 Å². The molecule has 0 aliphatic rings. The average molecular weight is 308 g/mol. The minimum atomic E-state index is -1.13. The van der Waals surface area contributed by atoms with E-state index in [1.807, 2.05) is 0 Å². The Balaban J connectivity index is 2.01. The number of H-pyrrole nitrogens is 1. The van der Waals surface area contributed by atoms with Crippen molar-refractivity contribution in [2.75, 3.05) is 11.5 Å². The summed E-state index contributed by atoms with van der Waals surface area (Å²) in [6, 6.07) is 0. The first kappa shape index (κ1) is 15.5. The second-order valence-corrected chi connectivity index (χ2v) is 4.87. The molecule has 0 saturated heterocycles. The number of rotatable bonds is 7. The maximum absolute atomic E-state index is 11.0. The number of carboxylic acids is 2. The number of nitrogens with zero attached hydrogens (tertiary/aromatic N) is 3. The van der Waals surface area contributed by atoms with Crippen molar-refractivity contribution in [1.82, 2.24) is 19.9 Å². The van der Waals surface area contributed by atoms with Gasteiger partial charge in [0.15, 0.2) is 11.5 Å². The van der Waals surface area contributed by atoms with Gasteiger partial charge in [-0.25, -0.2) is 4.98 Å². The lowest BCUT2D eigenvalue weighted by molar-refractivity contribution is -0.148. The molecule has 0 radical (unpaired) electrons. The zero-order chi connectivity index (χ0) is 16.3. The summed E-state index contributed by atoms with van der Waals surface area (Å²) < 4.78 is 0. The van der Waals surface area contributed by atoms with Crippen LogP contribution in [0, 0.1) is 5.92 Å². The number of imidazole rings is 1. The summed E-state index contributed by atoms with van der Waals surface area (Å²) in [5, 5.41) is 17.6. The maximum Gasteiger partial charge on any atom is 0.307 e. The van der Waals surface area contributed by atoms with Crippen LogP contribution < -0.4 is 11.5 Å². The molecule has 22 heavy (non-hydrogen) atoms. The summed E-state index contributed by atoms with van der Waals surface area (Å²) >= 11 is 0. The lowest BCUT2D eigenvalue weighted by atomic mass is 9.98. The molecule has 0 amide bonds. The number of nitrogen functional groups attached to an aromatic ring is 2. The molecule has 0 spiro atoms. The first-order valence-electron chi connectivity index (χ1n) is 6.59. The van der Waals surface area contributed by atoms with Gasteiger partial charge in [-0.05, 0) is 12.8 Å². The Hall–Kier alpha value is -2.91. The van der Waals surface area contributed by atoms with E-state index in [9.17, 15) is 9.59 Å². The van der Waals surface area contributed by atoms with Gasteiger partial charge < -0.3 is 26.7 Å². The Kier molecular flexibility index (Phi) is 4.39. The number of anilines is 2. The van der Waals surface area contributed by atoms with Gasteiger partial charge in [0.25, 0.3) is 0 Å². The number of aliphatic carboxylic acids is 2. The molecule has 2 aromatic rings. The van der Waals surface area contributed by atoms with Crippen LogP contribution >= 0.6 is 0 Å². The van der Waals surface area contributed by atoms with Crippen LogP contribution in [0.15, 0.2) is 0 Å². The van der Waals surface area contributed by atoms with Crippen molar-refractivity contribution in [1.29, 1.82) is 0 Å². The van der Waals surface area contributed by atoms with Gasteiger partial charge in [0.05, 0.1) is 12.3 Å². The smallest absolute Gasteiger partial charge is 0.307 e. The molecule has 0 bridgehead atoms. The Morgan fingerprint density at radius 1 is 1.18 bits per heavy atom. The van der Waals surface area contributed by atoms with Crippen molar-refractivity contribution < 1.29 is 19.8 Å². The quantitative estimate of drug-likeness (QED) is 0.470. The van der Waals surface area contributed by atoms with Crippen LogP contribution in [-0.4, -0.2) is 42.1 Å². The number of hydrogen-bond acceptors (Lipinski definition) is 7. The number of fused-ring (bicyclic) bond motifs is 1. The van der Waals surface area contributed by atoms with E-state index in [-0.39, 0.29) is 18.2 Å². The molecule has 7 N–H and O–H groups in total. The standard InChI is InChI=1S/C12H16N6O4/c13-9-8-10(18-12(14)17-9)16-6(15-8)3-1-2-5(11(21)22)4-7(19)20/h5H,1-4H2,(H,19,20)(H,21,22)(H5,13,14,15,16,17,18). The number of aromatic amines is 1. The minimum Gasteiger partial charge on any atom is -0.481 e. The molecule has 10 nitrogen and oxygen atoms in total. The van der Waals surface area contributed by atoms with E-state index in [2.05, 4.69) is 19.9 Å². The Bertz CT molecular complexity index is 713. The number of nitrogens with one attached hydrogen (secondary N) is 1. The molecule has 0 fully saturated rings. The summed E-state index contributed by atoms with van der Waals surface area (Å²) in [6.07, 6.45) is 0.748. The topological polar surface area (TPSA) is 181 Å². The number of hydrogen-bond donors (Lipinski definition) is 5. The molecule has 2 heterocycles. The summed E-state index contributed by atoms with van der Waals surface area (Å²) in [5.74, 6) is -2.39. The van der Waals surface area contributed by atoms with E-state index in [1.165, 1.54) is 0 Å². The highest BCUT2D eigenvalue weighted by Crippen LogP contribution is 2.18. The van der Waals surface area contributed by atoms with Gasteiger partial charge in [0.2, 0.25) is 5.95 Å². The van der Waals surface area contributed by atoms with E-state index in [0.717, 1.165) is 0 Å². The maximum atomic E-state index is 11.0. The van der Waals surface area contributed by atoms with Crippen molar-refractivity contribution in [3.63, 3.8) is 0 Å². The Morgan fingerprint density at radius 2 is 1.91 bits per heavy atom. The van der Waals surface area contributed by atoms with Crippen LogP contribution in [0.4, 0.5) is 11.8 Å². The molecule has 10 heteroatoms. The number of aryl methyl sites for hydroxylation is 1. The van der Waals surface area contributed by atoms with Crippen molar-refractivity contribution in [2.24, 2.45) is 5.92 Å². The monoisotopic (exact) mass is 308 g/mol. The highest BCUT2D eigenvalue weighted by atomic mass is 16.4. The van der Waals surface area contributed by atoms with Gasteiger partial charge in [0, 0.05) is 6.42 Å². The lowest BCUT2D eigenvalue weighted by Gasteiger charge is -2.08. The van der Waals surface area contributed by atoms with Gasteiger partial charge in [-0.15, -0.1) is 0 Å². The fraction of sp³-hybridized carbons (Fsp3) is 0.417. The van der Waals surface area contributed by atoms with Crippen LogP contribution in [0.1, 0.15) is 25.1 Å². The molecular formula is C12H16N6O4. The number of nitrogens with two attached hydrogens (primary N) is 2. The lowest BCUT2D eigenvalue weighted by Crippen LogP contribution is -2.18. The molecule has 0 saturated carbocycles. The Morgan fingerprint density at radius 3 is 2.55 bits per heavy atom. The second-order valence-electron chi connectivity index (χ2n) is 4.87. The number of carbonyl (C=O) groups is 2. The molecule has 0 aliphatic carbocycles. The number of carboxylic acid groups (broad SMARTS) is 2. The third-order valence-electron chi connectivity index (χ3n) is 3.17. The SMILES string of the molecule is Nc1nc(N)c2nc(CCCC(CC(=O)O)C(=O)O)[nH]c2n1. The molecule has 118 valence electrons. The van der Waals surface area contributed by atoms with Crippen LogP contribution in [-0.2, 0) is 16.0 Å². The van der Waals surface area contributed by atoms with Crippen LogP contribution in [0.25, 0.3) is 11.2 Å². The molecule has 1 atom stereocenters. The summed E-state index contributed by atoms with van der Waals surface area (Å²) in [6.45, 7) is 0. The Labute approximate surface area is 124 Å². The second kappa shape index (κ2) is 6.24. The highest BCUT2D eigenvalue weighted by Gasteiger charge is 2.20. The van der Waals surface area contributed by atoms with Crippen molar-refractivity contribution in [3.8, 4) is 0 Å². The molecule has 0 aliphatic heterocycles. The zero-order valence-corrected chi connectivity index (χ0v) is 11.6. The molecule has 2 rings (SSSR count). The average Bonchev–Trinajstić information content (AvgIpc) is 2.80. The van der Waals surface area contributed by atoms with E-state index >= 15 is 0 Å². The van der Waals surface area contributed by atoms with Crippen molar-refractivity contribution in [3.05, 3.63) is 5.82 Å². The summed E-state index contributed by atoms with van der Waals surface area (Å²) in [5.41, 5.74) is 12.0. The third-order valence-corrected chi connectivity index (χ3v) is 3.17. The normalized spacial score (nSPS) is 12.4. The molecule has 0 aromatic carbocycles. The first-order valence-corrected chi connectivity index (χ1v) is 6.59. The van der Waals surface area contributed by atoms with Crippen LogP contribution in [0.2, 0.25) is 0 Å². The van der Waals surface area contributed by atoms with Crippen molar-refractivity contribution in [2.45, 2.75) is 25.7 Å². The van der Waals surface area contributed by atoms with Gasteiger partial charge in [0.1, 0.15) is 11.3 Å². The molecule has 2 aromatic heterocycles. The molecular weight excluding hydrogens is 292 g/mol. The minimum absolute atomic E-state index is 0.0348. The predicted molar refractivity (Wildman–Crippen MR) is 76.8 cm³/mol. The third kappa shape index (κ3) is 3.59.